The van der Waals surface area contributed by atoms with Gasteiger partial charge in [-0.05, 0) is 32.9 Å². The zero-order chi connectivity index (χ0) is 13.5. The van der Waals surface area contributed by atoms with Crippen LogP contribution in [0.5, 0.6) is 0 Å². The van der Waals surface area contributed by atoms with Crippen LogP contribution in [0.25, 0.3) is 0 Å². The van der Waals surface area contributed by atoms with Crippen LogP contribution in [0, 0.1) is 0 Å². The van der Waals surface area contributed by atoms with E-state index in [1.165, 1.54) is 0 Å². The monoisotopic (exact) mass is 256 g/mol. The fourth-order valence-electron chi connectivity index (χ4n) is 2.31. The van der Waals surface area contributed by atoms with E-state index in [-0.39, 0.29) is 11.9 Å². The molecule has 6 heteroatoms. The van der Waals surface area contributed by atoms with Crippen molar-refractivity contribution >= 4 is 11.9 Å². The SMILES string of the molecule is CCCN(C)CC(=O)N1CCCC(NC(N)=O)C1. The Morgan fingerprint density at radius 1 is 1.50 bits per heavy atom. The Kier molecular flexibility index (Phi) is 5.91. The van der Waals surface area contributed by atoms with Crippen molar-refractivity contribution in [1.29, 1.82) is 0 Å². The Labute approximate surface area is 108 Å². The number of nitrogens with one attached hydrogen (secondary N) is 1. The Morgan fingerprint density at radius 2 is 2.22 bits per heavy atom. The molecule has 104 valence electrons. The third-order valence-electron chi connectivity index (χ3n) is 3.13. The second kappa shape index (κ2) is 7.20. The molecule has 18 heavy (non-hydrogen) atoms. The van der Waals surface area contributed by atoms with Crippen molar-refractivity contribution in [2.75, 3.05) is 33.2 Å². The molecule has 6 nitrogen and oxygen atoms in total. The van der Waals surface area contributed by atoms with E-state index < -0.39 is 6.03 Å². The Bertz CT molecular complexity index is 296. The first-order valence-corrected chi connectivity index (χ1v) is 6.55. The minimum Gasteiger partial charge on any atom is -0.352 e. The van der Waals surface area contributed by atoms with Gasteiger partial charge in [-0.3, -0.25) is 9.69 Å². The molecule has 3 N–H and O–H groups in total. The van der Waals surface area contributed by atoms with E-state index in [0.29, 0.717) is 13.1 Å². The number of urea groups is 1. The first-order valence-electron chi connectivity index (χ1n) is 6.55. The van der Waals surface area contributed by atoms with Gasteiger partial charge in [0.15, 0.2) is 0 Å². The maximum Gasteiger partial charge on any atom is 0.312 e. The number of rotatable bonds is 5. The smallest absolute Gasteiger partial charge is 0.312 e. The van der Waals surface area contributed by atoms with Gasteiger partial charge in [-0.25, -0.2) is 4.79 Å². The number of hydrogen-bond donors (Lipinski definition) is 2. The largest absolute Gasteiger partial charge is 0.352 e. The van der Waals surface area contributed by atoms with Gasteiger partial charge in [0.2, 0.25) is 5.91 Å². The third kappa shape index (κ3) is 4.91. The van der Waals surface area contributed by atoms with Gasteiger partial charge in [0.05, 0.1) is 6.54 Å². The molecule has 0 bridgehead atoms. The predicted molar refractivity (Wildman–Crippen MR) is 70.1 cm³/mol. The van der Waals surface area contributed by atoms with E-state index in [4.69, 9.17) is 5.73 Å². The first-order chi connectivity index (χ1) is 8.52. The van der Waals surface area contributed by atoms with Gasteiger partial charge in [0.1, 0.15) is 0 Å². The lowest BCUT2D eigenvalue weighted by molar-refractivity contribution is -0.133. The van der Waals surface area contributed by atoms with Gasteiger partial charge >= 0.3 is 6.03 Å². The molecule has 1 atom stereocenters. The van der Waals surface area contributed by atoms with Crippen molar-refractivity contribution in [1.82, 2.24) is 15.1 Å². The number of likely N-dealkylation sites (tertiary alicyclic amines) is 1. The summed E-state index contributed by atoms with van der Waals surface area (Å²) in [5.41, 5.74) is 5.10. The highest BCUT2D eigenvalue weighted by Crippen LogP contribution is 2.10. The molecule has 0 radical (unpaired) electrons. The molecule has 0 aromatic heterocycles. The van der Waals surface area contributed by atoms with Crippen molar-refractivity contribution in [2.24, 2.45) is 5.73 Å². The molecule has 3 amide bonds. The number of likely N-dealkylation sites (N-methyl/N-ethyl adjacent to an activating group) is 1. The summed E-state index contributed by atoms with van der Waals surface area (Å²) in [5.74, 6) is 0.127. The van der Waals surface area contributed by atoms with E-state index in [0.717, 1.165) is 32.4 Å². The number of nitrogens with two attached hydrogens (primary N) is 1. The zero-order valence-corrected chi connectivity index (χ0v) is 11.3. The minimum atomic E-state index is -0.516. The van der Waals surface area contributed by atoms with Gasteiger partial charge in [-0.1, -0.05) is 6.92 Å². The van der Waals surface area contributed by atoms with Crippen molar-refractivity contribution in [3.8, 4) is 0 Å². The number of carbonyl (C=O) groups is 2. The highest BCUT2D eigenvalue weighted by molar-refractivity contribution is 5.78. The number of primary amides is 1. The fourth-order valence-corrected chi connectivity index (χ4v) is 2.31. The molecule has 1 rings (SSSR count). The normalized spacial score (nSPS) is 19.9. The number of nitrogens with zero attached hydrogens (tertiary/aromatic N) is 2. The quantitative estimate of drug-likeness (QED) is 0.726. The molecule has 1 aliphatic rings. The molecule has 1 unspecified atom stereocenters. The summed E-state index contributed by atoms with van der Waals surface area (Å²) in [6, 6.07) is -0.519. The minimum absolute atomic E-state index is 0.00307. The van der Waals surface area contributed by atoms with Crippen LogP contribution in [0.15, 0.2) is 0 Å². The molecule has 1 fully saturated rings. The maximum absolute atomic E-state index is 12.1. The van der Waals surface area contributed by atoms with Gasteiger partial charge in [0, 0.05) is 19.1 Å². The highest BCUT2D eigenvalue weighted by Gasteiger charge is 2.24. The summed E-state index contributed by atoms with van der Waals surface area (Å²) in [5, 5.41) is 2.68. The van der Waals surface area contributed by atoms with Crippen LogP contribution in [0.3, 0.4) is 0 Å². The number of piperidine rings is 1. The van der Waals surface area contributed by atoms with Crippen LogP contribution in [-0.4, -0.2) is 61.0 Å². The average molecular weight is 256 g/mol. The third-order valence-corrected chi connectivity index (χ3v) is 3.13. The fraction of sp³-hybridized carbons (Fsp3) is 0.833. The van der Waals surface area contributed by atoms with Crippen molar-refractivity contribution in [2.45, 2.75) is 32.2 Å². The van der Waals surface area contributed by atoms with E-state index >= 15 is 0 Å². The molecule has 0 aromatic carbocycles. The summed E-state index contributed by atoms with van der Waals surface area (Å²) in [6.07, 6.45) is 2.83. The molecule has 1 heterocycles. The maximum atomic E-state index is 12.1. The second-order valence-corrected chi connectivity index (χ2v) is 4.93. The standard InChI is InChI=1S/C12H24N4O2/c1-3-6-15(2)9-11(17)16-7-4-5-10(8-16)14-12(13)18/h10H,3-9H2,1-2H3,(H3,13,14,18). The van der Waals surface area contributed by atoms with E-state index in [1.807, 2.05) is 16.8 Å². The molecule has 0 aromatic rings. The van der Waals surface area contributed by atoms with Crippen LogP contribution in [0.1, 0.15) is 26.2 Å². The molecular weight excluding hydrogens is 232 g/mol. The van der Waals surface area contributed by atoms with Crippen LogP contribution in [-0.2, 0) is 4.79 Å². The van der Waals surface area contributed by atoms with Gasteiger partial charge in [-0.15, -0.1) is 0 Å². The van der Waals surface area contributed by atoms with Gasteiger partial charge in [-0.2, -0.15) is 0 Å². The summed E-state index contributed by atoms with van der Waals surface area (Å²) >= 11 is 0. The highest BCUT2D eigenvalue weighted by atomic mass is 16.2. The Morgan fingerprint density at radius 3 is 2.83 bits per heavy atom. The molecule has 1 aliphatic heterocycles. The van der Waals surface area contributed by atoms with Crippen LogP contribution in [0.4, 0.5) is 4.79 Å². The van der Waals surface area contributed by atoms with Crippen molar-refractivity contribution < 1.29 is 9.59 Å². The van der Waals surface area contributed by atoms with E-state index in [9.17, 15) is 9.59 Å². The Hall–Kier alpha value is -1.30. The average Bonchev–Trinajstić information content (AvgIpc) is 2.28. The molecule has 0 spiro atoms. The summed E-state index contributed by atoms with van der Waals surface area (Å²) in [4.78, 5) is 26.7. The van der Waals surface area contributed by atoms with Crippen molar-refractivity contribution in [3.05, 3.63) is 0 Å². The predicted octanol–water partition coefficient (Wildman–Crippen LogP) is -0.0125. The summed E-state index contributed by atoms with van der Waals surface area (Å²) < 4.78 is 0. The number of carbonyl (C=O) groups excluding carboxylic acids is 2. The Balaban J connectivity index is 2.40. The number of amides is 3. The van der Waals surface area contributed by atoms with Crippen LogP contribution in [0.2, 0.25) is 0 Å². The second-order valence-electron chi connectivity index (χ2n) is 4.93. The number of hydrogen-bond acceptors (Lipinski definition) is 3. The van der Waals surface area contributed by atoms with Crippen LogP contribution >= 0.6 is 0 Å². The molecule has 0 aliphatic carbocycles. The van der Waals surface area contributed by atoms with E-state index in [1.54, 1.807) is 0 Å². The lowest BCUT2D eigenvalue weighted by Crippen LogP contribution is -2.52. The topological polar surface area (TPSA) is 78.7 Å². The lowest BCUT2D eigenvalue weighted by atomic mass is 10.1. The molecule has 0 saturated carbocycles. The zero-order valence-electron chi connectivity index (χ0n) is 11.3. The van der Waals surface area contributed by atoms with E-state index in [2.05, 4.69) is 12.2 Å². The van der Waals surface area contributed by atoms with Gasteiger partial charge < -0.3 is 16.0 Å². The van der Waals surface area contributed by atoms with Crippen molar-refractivity contribution in [3.63, 3.8) is 0 Å². The molecule has 1 saturated heterocycles. The summed E-state index contributed by atoms with van der Waals surface area (Å²) in [7, 11) is 1.95. The van der Waals surface area contributed by atoms with Gasteiger partial charge in [0.25, 0.3) is 0 Å². The lowest BCUT2D eigenvalue weighted by Gasteiger charge is -2.33. The summed E-state index contributed by atoms with van der Waals surface area (Å²) in [6.45, 7) is 4.80. The molecular formula is C12H24N4O2. The van der Waals surface area contributed by atoms with Crippen LogP contribution < -0.4 is 11.1 Å². The first kappa shape index (κ1) is 14.8.